The Balaban J connectivity index is 1.30. The van der Waals surface area contributed by atoms with Gasteiger partial charge in [-0.25, -0.2) is 0 Å². The molecule has 0 aromatic carbocycles. The van der Waals surface area contributed by atoms with Gasteiger partial charge in [-0.05, 0) is 0 Å². The molecule has 2 saturated carbocycles. The van der Waals surface area contributed by atoms with Crippen LogP contribution in [0.5, 0.6) is 0 Å². The predicted octanol–water partition coefficient (Wildman–Crippen LogP) is 7.28. The van der Waals surface area contributed by atoms with E-state index in [2.05, 4.69) is 0 Å². The monoisotopic (exact) mass is 384 g/mol. The van der Waals surface area contributed by atoms with Crippen molar-refractivity contribution >= 4 is 0 Å². The average Bonchev–Trinajstić information content (AvgIpc) is 3.56. The fraction of sp³-hybridized carbons (Fsp3) is 1.00. The number of fused-ring (bicyclic) bond motifs is 10. The van der Waals surface area contributed by atoms with Gasteiger partial charge in [0.15, 0.2) is 0 Å². The molecule has 12 fully saturated rings. The summed E-state index contributed by atoms with van der Waals surface area (Å²) >= 11 is -3.60. The van der Waals surface area contributed by atoms with Crippen LogP contribution in [0.25, 0.3) is 0 Å². The van der Waals surface area contributed by atoms with Crippen LogP contribution in [0.4, 0.5) is 0 Å². The van der Waals surface area contributed by atoms with Crippen LogP contribution >= 0.6 is 0 Å². The Bertz CT molecular complexity index is 1040. The second-order valence-electron chi connectivity index (χ2n) is 17.6. The van der Waals surface area contributed by atoms with E-state index in [0.717, 1.165) is 0 Å². The van der Waals surface area contributed by atoms with Gasteiger partial charge in [-0.2, -0.15) is 0 Å². The second kappa shape index (κ2) is 1.14. The zero-order valence-corrected chi connectivity index (χ0v) is 16.8. The normalized spacial score (nSPS) is 104. The first kappa shape index (κ1) is 10.3. The maximum absolute atomic E-state index is 3.60. The molecule has 1 heteroatoms. The Morgan fingerprint density at radius 1 is 0.478 bits per heavy atom. The molecule has 23 heavy (non-hydrogen) atoms. The molecule has 0 bridgehead atoms. The molecule has 0 aromatic rings. The van der Waals surface area contributed by atoms with Crippen LogP contribution in [-0.4, -0.2) is 0 Å². The summed E-state index contributed by atoms with van der Waals surface area (Å²) in [6.07, 6.45) is 16.7. The molecule has 12 rings (SSSR count). The molecule has 0 N–H and O–H groups in total. The van der Waals surface area contributed by atoms with E-state index in [1.54, 1.807) is 93.2 Å². The molecule has 4 unspecified atom stereocenters. The van der Waals surface area contributed by atoms with Crippen molar-refractivity contribution in [2.75, 3.05) is 0 Å². The molecule has 2 aliphatic carbocycles. The van der Waals surface area contributed by atoms with Gasteiger partial charge in [0.1, 0.15) is 0 Å². The fourth-order valence-electron chi connectivity index (χ4n) is 30.9. The van der Waals surface area contributed by atoms with Crippen molar-refractivity contribution in [1.82, 2.24) is 0 Å². The molecule has 0 radical (unpaired) electrons. The van der Waals surface area contributed by atoms with Crippen LogP contribution in [0.2, 0.25) is 35.3 Å². The molecular weight excluding hydrogens is 355 g/mol. The molecule has 0 amide bonds. The number of hydrogen-bond donors (Lipinski definition) is 0. The van der Waals surface area contributed by atoms with Crippen LogP contribution in [0, 0.1) is 11.8 Å². The molecular formula is C22H30Zr. The first-order valence-corrected chi connectivity index (χ1v) is 26.0. The Morgan fingerprint density at radius 3 is 1.17 bits per heavy atom. The summed E-state index contributed by atoms with van der Waals surface area (Å²) in [4.78, 5) is 0. The van der Waals surface area contributed by atoms with E-state index in [9.17, 15) is 0 Å². The summed E-state index contributed by atoms with van der Waals surface area (Å²) in [7, 11) is 0. The third kappa shape index (κ3) is 0.152. The first-order chi connectivity index (χ1) is 11.1. The summed E-state index contributed by atoms with van der Waals surface area (Å²) in [6, 6.07) is 0. The number of rotatable bonds is 2. The van der Waals surface area contributed by atoms with Gasteiger partial charge in [0.2, 0.25) is 0 Å². The van der Waals surface area contributed by atoms with E-state index < -0.39 is 11.4 Å². The third-order valence-corrected chi connectivity index (χ3v) is 122. The standard InChI is InChI=1S/C17H25.C5H5.Zr/c1-3-8-14(9-4-1)16-12-7-13-17(16)15-10-5-2-6-11-15;1-2-4-5-3-1;/h7,12-15H,1-6,8-11H2;1-5H;. The van der Waals surface area contributed by atoms with E-state index in [1.807, 2.05) is 0 Å². The van der Waals surface area contributed by atoms with Crippen molar-refractivity contribution in [1.29, 1.82) is 0 Å². The Hall–Kier alpha value is 0.883. The van der Waals surface area contributed by atoms with Crippen molar-refractivity contribution in [2.45, 2.75) is 99.5 Å². The van der Waals surface area contributed by atoms with Gasteiger partial charge in [0.25, 0.3) is 0 Å². The van der Waals surface area contributed by atoms with E-state index in [0.29, 0.717) is 0 Å². The SMILES string of the molecule is C1CCC([C]23[CH]4[CH]5[CH]6[C]2(C2CCCCC2)[Zr]54632789[CH]3[CH]2[CH]7[CH]8[CH]39)CC1. The zero-order valence-electron chi connectivity index (χ0n) is 14.3. The topological polar surface area (TPSA) is 0 Å². The summed E-state index contributed by atoms with van der Waals surface area (Å²) < 4.78 is 15.2. The molecule has 4 atom stereocenters. The first-order valence-electron chi connectivity index (χ1n) is 12.2. The van der Waals surface area contributed by atoms with E-state index in [4.69, 9.17) is 0 Å². The van der Waals surface area contributed by atoms with Crippen LogP contribution in [0.15, 0.2) is 0 Å². The van der Waals surface area contributed by atoms with E-state index in [1.165, 1.54) is 18.1 Å². The average molecular weight is 386 g/mol. The van der Waals surface area contributed by atoms with Gasteiger partial charge in [-0.1, -0.05) is 0 Å². The van der Waals surface area contributed by atoms with E-state index in [-0.39, 0.29) is 0 Å². The molecule has 0 aromatic heterocycles. The predicted molar refractivity (Wildman–Crippen MR) is 88.5 cm³/mol. The van der Waals surface area contributed by atoms with Crippen molar-refractivity contribution in [3.8, 4) is 0 Å². The minimum atomic E-state index is -3.60. The Morgan fingerprint density at radius 2 is 0.870 bits per heavy atom. The molecule has 0 nitrogen and oxygen atoms in total. The summed E-state index contributed by atoms with van der Waals surface area (Å²) in [5, 5.41) is 0. The van der Waals surface area contributed by atoms with Gasteiger partial charge < -0.3 is 0 Å². The molecule has 1 spiro atoms. The van der Waals surface area contributed by atoms with Crippen LogP contribution in [0.3, 0.4) is 0 Å². The van der Waals surface area contributed by atoms with Crippen LogP contribution < -0.4 is 0 Å². The Labute approximate surface area is 122 Å². The summed E-state index contributed by atoms with van der Waals surface area (Å²) in [5.41, 5.74) is 0. The van der Waals surface area contributed by atoms with E-state index >= 15 is 0 Å². The van der Waals surface area contributed by atoms with Crippen molar-refractivity contribution in [2.24, 2.45) is 11.8 Å². The van der Waals surface area contributed by atoms with Crippen molar-refractivity contribution < 1.29 is 11.4 Å². The maximum atomic E-state index is 1.73. The third-order valence-electron chi connectivity index (χ3n) is 25.3. The molecule has 122 valence electrons. The van der Waals surface area contributed by atoms with Gasteiger partial charge in [0, 0.05) is 0 Å². The van der Waals surface area contributed by atoms with Crippen LogP contribution in [0.1, 0.15) is 64.2 Å². The Kier molecular flexibility index (Phi) is 0.511. The van der Waals surface area contributed by atoms with Gasteiger partial charge in [-0.15, -0.1) is 0 Å². The zero-order chi connectivity index (χ0) is 14.2. The fourth-order valence-corrected chi connectivity index (χ4v) is 264. The quantitative estimate of drug-likeness (QED) is 0.468. The minimum absolute atomic E-state index is 1.25. The summed E-state index contributed by atoms with van der Waals surface area (Å²) in [6.45, 7) is 0. The molecule has 10 aliphatic heterocycles. The van der Waals surface area contributed by atoms with Crippen LogP contribution in [-0.2, 0) is 11.4 Å². The molecule has 12 aliphatic rings. The van der Waals surface area contributed by atoms with Crippen molar-refractivity contribution in [3.63, 3.8) is 0 Å². The van der Waals surface area contributed by atoms with Gasteiger partial charge >= 0.3 is 123 Å². The van der Waals surface area contributed by atoms with Crippen molar-refractivity contribution in [3.05, 3.63) is 0 Å². The number of hydrogen-bond acceptors (Lipinski definition) is 0. The van der Waals surface area contributed by atoms with Gasteiger partial charge in [0.05, 0.1) is 0 Å². The van der Waals surface area contributed by atoms with Gasteiger partial charge in [-0.3, -0.25) is 0 Å². The second-order valence-corrected chi connectivity index (χ2v) is 69.5. The summed E-state index contributed by atoms with van der Waals surface area (Å²) in [5.74, 6) is 2.67. The molecule has 10 saturated heterocycles. The molecule has 10 heterocycles.